The molecule has 1 rings (SSSR count). The lowest BCUT2D eigenvalue weighted by molar-refractivity contribution is 0.637. The van der Waals surface area contributed by atoms with E-state index in [1.54, 1.807) is 0 Å². The lowest BCUT2D eigenvalue weighted by Gasteiger charge is -2.03. The van der Waals surface area contributed by atoms with Gasteiger partial charge >= 0.3 is 0 Å². The molecule has 0 fully saturated rings. The molecule has 0 amide bonds. The van der Waals surface area contributed by atoms with Crippen molar-refractivity contribution in [2.45, 2.75) is 31.5 Å². The van der Waals surface area contributed by atoms with E-state index in [4.69, 9.17) is 0 Å². The third kappa shape index (κ3) is 3.11. The molecule has 0 bridgehead atoms. The van der Waals surface area contributed by atoms with E-state index in [2.05, 4.69) is 23.2 Å². The lowest BCUT2D eigenvalue weighted by Crippen LogP contribution is -1.94. The Labute approximate surface area is 82.0 Å². The van der Waals surface area contributed by atoms with E-state index in [0.717, 1.165) is 21.8 Å². The molecule has 1 heterocycles. The zero-order chi connectivity index (χ0) is 8.97. The van der Waals surface area contributed by atoms with Gasteiger partial charge in [0.1, 0.15) is 5.82 Å². The normalized spacial score (nSPS) is 13.2. The highest BCUT2D eigenvalue weighted by Gasteiger charge is 2.03. The molecular weight excluding hydrogens is 188 g/mol. The highest BCUT2D eigenvalue weighted by Crippen LogP contribution is 2.23. The molecule has 0 aliphatic heterocycles. The first kappa shape index (κ1) is 9.99. The van der Waals surface area contributed by atoms with Crippen LogP contribution in [0.15, 0.2) is 4.34 Å². The molecule has 1 atom stereocenters. The second-order valence-electron chi connectivity index (χ2n) is 2.93. The van der Waals surface area contributed by atoms with Crippen molar-refractivity contribution in [3.63, 3.8) is 0 Å². The van der Waals surface area contributed by atoms with Gasteiger partial charge in [0.2, 0.25) is 0 Å². The van der Waals surface area contributed by atoms with Gasteiger partial charge in [-0.2, -0.15) is 4.37 Å². The van der Waals surface area contributed by atoms with Crippen molar-refractivity contribution in [2.75, 3.05) is 5.75 Å². The van der Waals surface area contributed by atoms with E-state index in [9.17, 15) is 0 Å². The lowest BCUT2D eigenvalue weighted by atomic mass is 10.2. The van der Waals surface area contributed by atoms with Crippen molar-refractivity contribution in [3.8, 4) is 0 Å². The number of rotatable bonds is 4. The Bertz CT molecular complexity index is 235. The van der Waals surface area contributed by atoms with Gasteiger partial charge in [0.05, 0.1) is 0 Å². The Hall–Kier alpha value is -0.0900. The minimum Gasteiger partial charge on any atom is -0.213 e. The summed E-state index contributed by atoms with van der Waals surface area (Å²) in [6.07, 6.45) is 1.24. The highest BCUT2D eigenvalue weighted by atomic mass is 32.2. The van der Waals surface area contributed by atoms with Gasteiger partial charge in [0.15, 0.2) is 4.34 Å². The van der Waals surface area contributed by atoms with Gasteiger partial charge in [-0.3, -0.25) is 0 Å². The van der Waals surface area contributed by atoms with Crippen molar-refractivity contribution in [3.05, 3.63) is 5.82 Å². The minimum absolute atomic E-state index is 0.777. The SMILES string of the molecule is CCC(C)CSc1nc(C)ns1. The van der Waals surface area contributed by atoms with Gasteiger partial charge in [0, 0.05) is 5.75 Å². The monoisotopic (exact) mass is 202 g/mol. The van der Waals surface area contributed by atoms with Crippen LogP contribution in [-0.2, 0) is 0 Å². The molecule has 0 aliphatic rings. The topological polar surface area (TPSA) is 25.8 Å². The summed E-state index contributed by atoms with van der Waals surface area (Å²) >= 11 is 3.32. The maximum absolute atomic E-state index is 4.29. The van der Waals surface area contributed by atoms with Crippen LogP contribution in [0.2, 0.25) is 0 Å². The van der Waals surface area contributed by atoms with Gasteiger partial charge in [0.25, 0.3) is 0 Å². The average molecular weight is 202 g/mol. The Morgan fingerprint density at radius 3 is 2.83 bits per heavy atom. The number of aryl methyl sites for hydroxylation is 1. The van der Waals surface area contributed by atoms with Crippen LogP contribution in [0.4, 0.5) is 0 Å². The molecule has 1 aromatic rings. The fourth-order valence-corrected chi connectivity index (χ4v) is 2.48. The molecule has 0 N–H and O–H groups in total. The van der Waals surface area contributed by atoms with Gasteiger partial charge in [-0.1, -0.05) is 32.0 Å². The Morgan fingerprint density at radius 1 is 1.58 bits per heavy atom. The zero-order valence-corrected chi connectivity index (χ0v) is 9.34. The summed E-state index contributed by atoms with van der Waals surface area (Å²) in [6, 6.07) is 0. The van der Waals surface area contributed by atoms with E-state index >= 15 is 0 Å². The first-order valence-electron chi connectivity index (χ1n) is 4.15. The van der Waals surface area contributed by atoms with Crippen molar-refractivity contribution >= 4 is 23.3 Å². The largest absolute Gasteiger partial charge is 0.213 e. The summed E-state index contributed by atoms with van der Waals surface area (Å²) in [5, 5.41) is 0. The van der Waals surface area contributed by atoms with E-state index in [-0.39, 0.29) is 0 Å². The number of nitrogens with zero attached hydrogens (tertiary/aromatic N) is 2. The highest BCUT2D eigenvalue weighted by molar-refractivity contribution is 8.00. The third-order valence-corrected chi connectivity index (χ3v) is 3.95. The molecule has 0 aromatic carbocycles. The molecule has 68 valence electrons. The second kappa shape index (κ2) is 4.82. The molecule has 0 spiro atoms. The Balaban J connectivity index is 2.33. The fraction of sp³-hybridized carbons (Fsp3) is 0.750. The minimum atomic E-state index is 0.777. The first-order valence-corrected chi connectivity index (χ1v) is 5.91. The second-order valence-corrected chi connectivity index (χ2v) is 4.95. The summed E-state index contributed by atoms with van der Waals surface area (Å²) in [5.74, 6) is 2.83. The molecule has 0 saturated heterocycles. The number of aromatic nitrogens is 2. The number of hydrogen-bond donors (Lipinski definition) is 0. The van der Waals surface area contributed by atoms with Crippen LogP contribution >= 0.6 is 23.3 Å². The van der Waals surface area contributed by atoms with Gasteiger partial charge < -0.3 is 0 Å². The standard InChI is InChI=1S/C8H14N2S2/c1-4-6(2)5-11-8-9-7(3)10-12-8/h6H,4-5H2,1-3H3. The van der Waals surface area contributed by atoms with Crippen LogP contribution < -0.4 is 0 Å². The van der Waals surface area contributed by atoms with Crippen LogP contribution in [0.25, 0.3) is 0 Å². The molecule has 0 radical (unpaired) electrons. The van der Waals surface area contributed by atoms with Crippen molar-refractivity contribution in [1.82, 2.24) is 9.36 Å². The van der Waals surface area contributed by atoms with Crippen molar-refractivity contribution in [2.24, 2.45) is 5.92 Å². The number of hydrogen-bond acceptors (Lipinski definition) is 4. The van der Waals surface area contributed by atoms with Crippen molar-refractivity contribution in [1.29, 1.82) is 0 Å². The van der Waals surface area contributed by atoms with E-state index < -0.39 is 0 Å². The smallest absolute Gasteiger partial charge is 0.170 e. The van der Waals surface area contributed by atoms with E-state index in [1.807, 2.05) is 18.7 Å². The third-order valence-electron chi connectivity index (χ3n) is 1.70. The van der Waals surface area contributed by atoms with Crippen LogP contribution in [0.3, 0.4) is 0 Å². The summed E-state index contributed by atoms with van der Waals surface area (Å²) in [4.78, 5) is 4.29. The molecule has 1 unspecified atom stereocenters. The van der Waals surface area contributed by atoms with Crippen LogP contribution in [0.1, 0.15) is 26.1 Å². The molecule has 12 heavy (non-hydrogen) atoms. The fourth-order valence-electron chi connectivity index (χ4n) is 0.668. The number of thioether (sulfide) groups is 1. The van der Waals surface area contributed by atoms with Gasteiger partial charge in [-0.25, -0.2) is 4.98 Å². The Kier molecular flexibility index (Phi) is 4.01. The average Bonchev–Trinajstić information content (AvgIpc) is 2.47. The molecule has 1 aromatic heterocycles. The van der Waals surface area contributed by atoms with E-state index in [1.165, 1.54) is 18.0 Å². The first-order chi connectivity index (χ1) is 5.72. The maximum atomic E-state index is 4.29. The molecule has 4 heteroatoms. The molecule has 0 saturated carbocycles. The van der Waals surface area contributed by atoms with Crippen molar-refractivity contribution < 1.29 is 0 Å². The van der Waals surface area contributed by atoms with Crippen LogP contribution in [0.5, 0.6) is 0 Å². The van der Waals surface area contributed by atoms with Crippen LogP contribution in [-0.4, -0.2) is 15.1 Å². The molecule has 2 nitrogen and oxygen atoms in total. The molecule has 0 aliphatic carbocycles. The van der Waals surface area contributed by atoms with Crippen LogP contribution in [0, 0.1) is 12.8 Å². The van der Waals surface area contributed by atoms with E-state index in [0.29, 0.717) is 0 Å². The summed E-state index contributed by atoms with van der Waals surface area (Å²) in [5.41, 5.74) is 0. The quantitative estimate of drug-likeness (QED) is 0.702. The predicted octanol–water partition coefficient (Wildman–Crippen LogP) is 2.98. The predicted molar refractivity (Wildman–Crippen MR) is 54.8 cm³/mol. The Morgan fingerprint density at radius 2 is 2.33 bits per heavy atom. The van der Waals surface area contributed by atoms with Gasteiger partial charge in [-0.05, 0) is 24.4 Å². The summed E-state index contributed by atoms with van der Waals surface area (Å²) in [6.45, 7) is 6.42. The van der Waals surface area contributed by atoms with Gasteiger partial charge in [-0.15, -0.1) is 0 Å². The summed E-state index contributed by atoms with van der Waals surface area (Å²) < 4.78 is 5.23. The molecular formula is C8H14N2S2. The maximum Gasteiger partial charge on any atom is 0.170 e. The summed E-state index contributed by atoms with van der Waals surface area (Å²) in [7, 11) is 0. The zero-order valence-electron chi connectivity index (χ0n) is 7.70.